The zero-order valence-corrected chi connectivity index (χ0v) is 13.8. The van der Waals surface area contributed by atoms with Gasteiger partial charge in [0.15, 0.2) is 0 Å². The van der Waals surface area contributed by atoms with Crippen LogP contribution in [0.2, 0.25) is 0 Å². The van der Waals surface area contributed by atoms with Gasteiger partial charge in [-0.25, -0.2) is 0 Å². The minimum atomic E-state index is 0.586. The van der Waals surface area contributed by atoms with Crippen LogP contribution in [0.1, 0.15) is 31.4 Å². The molecule has 0 aliphatic rings. The fourth-order valence-corrected chi connectivity index (χ4v) is 3.44. The third-order valence-electron chi connectivity index (χ3n) is 3.87. The number of hydrogen-bond donors (Lipinski definition) is 1. The molecular weight excluding hydrogens is 274 g/mol. The third-order valence-corrected chi connectivity index (χ3v) is 5.21. The van der Waals surface area contributed by atoms with Crippen molar-refractivity contribution < 1.29 is 0 Å². The van der Waals surface area contributed by atoms with Crippen LogP contribution in [-0.4, -0.2) is 5.75 Å². The molecule has 0 amide bonds. The first-order valence-corrected chi connectivity index (χ1v) is 8.85. The first kappa shape index (κ1) is 16.1. The summed E-state index contributed by atoms with van der Waals surface area (Å²) >= 11 is 2.03. The van der Waals surface area contributed by atoms with Crippen molar-refractivity contribution in [2.45, 2.75) is 32.6 Å². The lowest BCUT2D eigenvalue weighted by molar-refractivity contribution is 0.637. The summed E-state index contributed by atoms with van der Waals surface area (Å²) < 4.78 is 0. The number of nitrogens with two attached hydrogens (primary N) is 1. The number of hydrogen-bond acceptors (Lipinski definition) is 2. The van der Waals surface area contributed by atoms with E-state index in [2.05, 4.69) is 56.3 Å². The molecular formula is C19H25NS. The molecule has 2 aromatic carbocycles. The third kappa shape index (κ3) is 4.62. The normalized spacial score (nSPS) is 12.3. The molecule has 0 fully saturated rings. The molecule has 0 saturated heterocycles. The van der Waals surface area contributed by atoms with Gasteiger partial charge in [-0.2, -0.15) is 11.8 Å². The Morgan fingerprint density at radius 1 is 1.05 bits per heavy atom. The van der Waals surface area contributed by atoms with E-state index in [0.717, 1.165) is 11.7 Å². The molecule has 0 saturated carbocycles. The molecule has 1 nitrogen and oxygen atoms in total. The average Bonchev–Trinajstić information content (AvgIpc) is 2.55. The molecule has 112 valence electrons. The minimum Gasteiger partial charge on any atom is -0.326 e. The summed E-state index contributed by atoms with van der Waals surface area (Å²) in [4.78, 5) is 0. The van der Waals surface area contributed by atoms with Crippen molar-refractivity contribution in [3.8, 4) is 11.1 Å². The van der Waals surface area contributed by atoms with Crippen molar-refractivity contribution in [3.05, 3.63) is 59.7 Å². The summed E-state index contributed by atoms with van der Waals surface area (Å²) in [7, 11) is 0. The summed E-state index contributed by atoms with van der Waals surface area (Å²) in [5.74, 6) is 3.16. The number of thioether (sulfide) groups is 1. The summed E-state index contributed by atoms with van der Waals surface area (Å²) in [6, 6.07) is 17.3. The zero-order chi connectivity index (χ0) is 15.1. The standard InChI is InChI=1S/C19H25NS/c1-3-15(2)13-21-14-16-8-10-17(11-9-16)19-7-5-4-6-18(19)12-20/h4-11,15H,3,12-14,20H2,1-2H3. The summed E-state index contributed by atoms with van der Waals surface area (Å²) in [6.45, 7) is 5.16. The maximum absolute atomic E-state index is 5.82. The fraction of sp³-hybridized carbons (Fsp3) is 0.368. The quantitative estimate of drug-likeness (QED) is 0.770. The molecule has 0 aromatic heterocycles. The van der Waals surface area contributed by atoms with E-state index in [-0.39, 0.29) is 0 Å². The van der Waals surface area contributed by atoms with Crippen LogP contribution in [0, 0.1) is 5.92 Å². The van der Waals surface area contributed by atoms with E-state index in [0.29, 0.717) is 6.54 Å². The molecule has 0 bridgehead atoms. The van der Waals surface area contributed by atoms with Crippen LogP contribution in [0.5, 0.6) is 0 Å². The van der Waals surface area contributed by atoms with Crippen molar-refractivity contribution in [3.63, 3.8) is 0 Å². The van der Waals surface area contributed by atoms with Crippen LogP contribution in [-0.2, 0) is 12.3 Å². The first-order chi connectivity index (χ1) is 10.2. The van der Waals surface area contributed by atoms with Crippen molar-refractivity contribution in [2.75, 3.05) is 5.75 Å². The predicted molar refractivity (Wildman–Crippen MR) is 95.4 cm³/mol. The van der Waals surface area contributed by atoms with Gasteiger partial charge in [0.05, 0.1) is 0 Å². The highest BCUT2D eigenvalue weighted by Gasteiger charge is 2.04. The Morgan fingerprint density at radius 3 is 2.43 bits per heavy atom. The van der Waals surface area contributed by atoms with Crippen molar-refractivity contribution in [2.24, 2.45) is 11.7 Å². The van der Waals surface area contributed by atoms with Gasteiger partial charge < -0.3 is 5.73 Å². The largest absolute Gasteiger partial charge is 0.326 e. The Kier molecular flexibility index (Phi) is 6.34. The second kappa shape index (κ2) is 8.26. The lowest BCUT2D eigenvalue weighted by Gasteiger charge is -2.10. The highest BCUT2D eigenvalue weighted by Crippen LogP contribution is 2.25. The van der Waals surface area contributed by atoms with Crippen LogP contribution in [0.3, 0.4) is 0 Å². The van der Waals surface area contributed by atoms with Crippen LogP contribution in [0.4, 0.5) is 0 Å². The molecule has 0 spiro atoms. The van der Waals surface area contributed by atoms with Gasteiger partial charge in [-0.3, -0.25) is 0 Å². The molecule has 1 atom stereocenters. The second-order valence-electron chi connectivity index (χ2n) is 5.59. The Morgan fingerprint density at radius 2 is 1.76 bits per heavy atom. The Balaban J connectivity index is 2.02. The first-order valence-electron chi connectivity index (χ1n) is 7.69. The van der Waals surface area contributed by atoms with E-state index in [1.54, 1.807) is 0 Å². The topological polar surface area (TPSA) is 26.0 Å². The van der Waals surface area contributed by atoms with Crippen molar-refractivity contribution >= 4 is 11.8 Å². The minimum absolute atomic E-state index is 0.586. The van der Waals surface area contributed by atoms with Crippen LogP contribution in [0.25, 0.3) is 11.1 Å². The lowest BCUT2D eigenvalue weighted by atomic mass is 9.99. The summed E-state index contributed by atoms with van der Waals surface area (Å²) in [6.07, 6.45) is 1.27. The van der Waals surface area contributed by atoms with Crippen molar-refractivity contribution in [1.29, 1.82) is 0 Å². The van der Waals surface area contributed by atoms with E-state index in [1.165, 1.54) is 34.4 Å². The second-order valence-corrected chi connectivity index (χ2v) is 6.62. The lowest BCUT2D eigenvalue weighted by Crippen LogP contribution is -1.98. The molecule has 0 aliphatic heterocycles. The molecule has 2 N–H and O–H groups in total. The summed E-state index contributed by atoms with van der Waals surface area (Å²) in [5, 5.41) is 0. The highest BCUT2D eigenvalue weighted by molar-refractivity contribution is 7.98. The van der Waals surface area contributed by atoms with Gasteiger partial charge >= 0.3 is 0 Å². The van der Waals surface area contributed by atoms with E-state index >= 15 is 0 Å². The molecule has 0 heterocycles. The number of benzene rings is 2. The van der Waals surface area contributed by atoms with Gasteiger partial charge in [0.1, 0.15) is 0 Å². The van der Waals surface area contributed by atoms with E-state index in [1.807, 2.05) is 17.8 Å². The van der Waals surface area contributed by atoms with Crippen LogP contribution >= 0.6 is 11.8 Å². The molecule has 2 aromatic rings. The van der Waals surface area contributed by atoms with Crippen LogP contribution < -0.4 is 5.73 Å². The van der Waals surface area contributed by atoms with Crippen LogP contribution in [0.15, 0.2) is 48.5 Å². The maximum atomic E-state index is 5.82. The Bertz CT molecular complexity index is 548. The van der Waals surface area contributed by atoms with E-state index < -0.39 is 0 Å². The molecule has 1 unspecified atom stereocenters. The highest BCUT2D eigenvalue weighted by atomic mass is 32.2. The van der Waals surface area contributed by atoms with Gasteiger partial charge in [0.2, 0.25) is 0 Å². The monoisotopic (exact) mass is 299 g/mol. The van der Waals surface area contributed by atoms with E-state index in [4.69, 9.17) is 5.73 Å². The smallest absolute Gasteiger partial charge is 0.0184 e. The average molecular weight is 299 g/mol. The van der Waals surface area contributed by atoms with E-state index in [9.17, 15) is 0 Å². The SMILES string of the molecule is CCC(C)CSCc1ccc(-c2ccccc2CN)cc1. The van der Waals surface area contributed by atoms with Crippen molar-refractivity contribution in [1.82, 2.24) is 0 Å². The fourth-order valence-electron chi connectivity index (χ4n) is 2.26. The van der Waals surface area contributed by atoms with Gasteiger partial charge in [-0.05, 0) is 33.9 Å². The van der Waals surface area contributed by atoms with Gasteiger partial charge in [0, 0.05) is 12.3 Å². The molecule has 0 radical (unpaired) electrons. The molecule has 21 heavy (non-hydrogen) atoms. The van der Waals surface area contributed by atoms with Gasteiger partial charge in [0.25, 0.3) is 0 Å². The predicted octanol–water partition coefficient (Wildman–Crippen LogP) is 5.09. The Labute approximate surface area is 133 Å². The van der Waals surface area contributed by atoms with Gasteiger partial charge in [-0.15, -0.1) is 0 Å². The molecule has 2 heteroatoms. The van der Waals surface area contributed by atoms with Gasteiger partial charge in [-0.1, -0.05) is 68.8 Å². The number of rotatable bonds is 7. The Hall–Kier alpha value is -1.25. The molecule has 0 aliphatic carbocycles. The maximum Gasteiger partial charge on any atom is 0.0184 e. The zero-order valence-electron chi connectivity index (χ0n) is 13.0. The summed E-state index contributed by atoms with van der Waals surface area (Å²) in [5.41, 5.74) is 10.9. The molecule has 2 rings (SSSR count).